The lowest BCUT2D eigenvalue weighted by molar-refractivity contribution is -0.147. The Bertz CT molecular complexity index is 216. The summed E-state index contributed by atoms with van der Waals surface area (Å²) >= 11 is 0. The molecule has 0 rings (SSSR count). The molecule has 0 aromatic carbocycles. The number of rotatable bonds is 11. The van der Waals surface area contributed by atoms with Crippen LogP contribution in [0, 0.1) is 5.41 Å². The van der Waals surface area contributed by atoms with Gasteiger partial charge in [0.2, 0.25) is 0 Å². The van der Waals surface area contributed by atoms with Crippen molar-refractivity contribution in [2.24, 2.45) is 5.41 Å². The van der Waals surface area contributed by atoms with Crippen LogP contribution in [0.5, 0.6) is 0 Å². The van der Waals surface area contributed by atoms with Gasteiger partial charge in [-0.3, -0.25) is 0 Å². The summed E-state index contributed by atoms with van der Waals surface area (Å²) in [5.74, 6) is -0.517. The fraction of sp³-hybridized carbons (Fsp3) is 0.933. The maximum Gasteiger partial charge on any atom is 0.331 e. The molecule has 0 aromatic rings. The minimum absolute atomic E-state index is 0.374. The number of esters is 1. The van der Waals surface area contributed by atoms with E-state index in [0.29, 0.717) is 12.0 Å². The highest BCUT2D eigenvalue weighted by atomic mass is 16.5. The molecule has 0 aromatic heterocycles. The first-order valence-corrected chi connectivity index (χ1v) is 7.34. The van der Waals surface area contributed by atoms with E-state index in [-0.39, 0.29) is 0 Å². The topological polar surface area (TPSA) is 46.5 Å². The summed E-state index contributed by atoms with van der Waals surface area (Å²) in [5, 5.41) is 8.53. The van der Waals surface area contributed by atoms with Gasteiger partial charge in [0.25, 0.3) is 0 Å². The Balaban J connectivity index is 3.74. The van der Waals surface area contributed by atoms with Gasteiger partial charge in [-0.05, 0) is 24.7 Å². The Morgan fingerprint density at radius 2 is 1.78 bits per heavy atom. The number of hydrogen-bond donors (Lipinski definition) is 1. The van der Waals surface area contributed by atoms with Gasteiger partial charge in [0, 0.05) is 0 Å². The second kappa shape index (κ2) is 10.4. The van der Waals surface area contributed by atoms with Gasteiger partial charge in [0.15, 0.2) is 0 Å². The number of ether oxygens (including phenoxy) is 1. The molecule has 1 atom stereocenters. The van der Waals surface area contributed by atoms with E-state index in [9.17, 15) is 4.79 Å². The largest absolute Gasteiger partial charge is 0.464 e. The molecule has 0 fully saturated rings. The fourth-order valence-electron chi connectivity index (χ4n) is 2.19. The van der Waals surface area contributed by atoms with Crippen molar-refractivity contribution in [1.82, 2.24) is 0 Å². The lowest BCUT2D eigenvalue weighted by Crippen LogP contribution is -2.17. The van der Waals surface area contributed by atoms with E-state index in [4.69, 9.17) is 9.84 Å². The quantitative estimate of drug-likeness (QED) is 0.454. The summed E-state index contributed by atoms with van der Waals surface area (Å²) < 4.78 is 4.89. The Morgan fingerprint density at radius 1 is 1.11 bits per heavy atom. The first kappa shape index (κ1) is 17.4. The number of aliphatic hydroxyl groups is 1. The Labute approximate surface area is 112 Å². The van der Waals surface area contributed by atoms with Gasteiger partial charge < -0.3 is 9.84 Å². The third-order valence-corrected chi connectivity index (χ3v) is 3.80. The van der Waals surface area contributed by atoms with Gasteiger partial charge in [-0.15, -0.1) is 0 Å². The molecule has 0 heterocycles. The van der Waals surface area contributed by atoms with Crippen molar-refractivity contribution in [1.29, 1.82) is 0 Å². The maximum absolute atomic E-state index is 10.8. The zero-order chi connectivity index (χ0) is 13.9. The molecule has 0 aliphatic carbocycles. The Hall–Kier alpha value is -0.570. The summed E-state index contributed by atoms with van der Waals surface area (Å²) in [7, 11) is 0. The molecule has 0 amide bonds. The van der Waals surface area contributed by atoms with Crippen LogP contribution in [0.15, 0.2) is 0 Å². The molecule has 108 valence electrons. The van der Waals surface area contributed by atoms with E-state index in [0.717, 1.165) is 12.8 Å². The van der Waals surface area contributed by atoms with Crippen molar-refractivity contribution in [2.75, 3.05) is 13.2 Å². The van der Waals surface area contributed by atoms with Crippen molar-refractivity contribution in [3.05, 3.63) is 0 Å². The molecule has 0 aliphatic heterocycles. The van der Waals surface area contributed by atoms with Crippen molar-refractivity contribution in [3.8, 4) is 0 Å². The van der Waals surface area contributed by atoms with Gasteiger partial charge in [-0.1, -0.05) is 52.9 Å². The van der Waals surface area contributed by atoms with Crippen LogP contribution in [0.2, 0.25) is 0 Å². The number of carbonyl (C=O) groups excluding carboxylic acids is 1. The van der Waals surface area contributed by atoms with Crippen molar-refractivity contribution in [2.45, 2.75) is 72.1 Å². The number of hydrogen-bond acceptors (Lipinski definition) is 3. The second-order valence-corrected chi connectivity index (χ2v) is 5.46. The monoisotopic (exact) mass is 258 g/mol. The number of aliphatic hydroxyl groups excluding tert-OH is 1. The summed E-state index contributed by atoms with van der Waals surface area (Å²) in [5.41, 5.74) is 0.374. The first-order chi connectivity index (χ1) is 8.58. The molecule has 18 heavy (non-hydrogen) atoms. The van der Waals surface area contributed by atoms with Gasteiger partial charge in [0.1, 0.15) is 6.61 Å². The first-order valence-electron chi connectivity index (χ1n) is 7.34. The minimum atomic E-state index is -0.517. The molecule has 0 radical (unpaired) electrons. The Kier molecular flexibility index (Phi) is 10.0. The fourth-order valence-corrected chi connectivity index (χ4v) is 2.19. The van der Waals surface area contributed by atoms with Gasteiger partial charge in [-0.25, -0.2) is 4.79 Å². The minimum Gasteiger partial charge on any atom is -0.464 e. The molecule has 1 unspecified atom stereocenters. The molecule has 0 bridgehead atoms. The van der Waals surface area contributed by atoms with Crippen molar-refractivity contribution >= 4 is 5.97 Å². The van der Waals surface area contributed by atoms with Gasteiger partial charge in [-0.2, -0.15) is 0 Å². The van der Waals surface area contributed by atoms with Gasteiger partial charge >= 0.3 is 5.97 Å². The molecule has 1 N–H and O–H groups in total. The normalized spacial score (nSPS) is 14.2. The van der Waals surface area contributed by atoms with E-state index in [1.165, 1.54) is 38.5 Å². The van der Waals surface area contributed by atoms with E-state index >= 15 is 0 Å². The molecule has 0 saturated carbocycles. The van der Waals surface area contributed by atoms with Crippen LogP contribution in [0.3, 0.4) is 0 Å². The highest BCUT2D eigenvalue weighted by Crippen LogP contribution is 2.33. The summed E-state index contributed by atoms with van der Waals surface area (Å²) in [6, 6.07) is 0. The molecule has 0 spiro atoms. The zero-order valence-electron chi connectivity index (χ0n) is 12.3. The maximum atomic E-state index is 10.8. The molecular weight excluding hydrogens is 228 g/mol. The van der Waals surface area contributed by atoms with Crippen LogP contribution in [0.25, 0.3) is 0 Å². The van der Waals surface area contributed by atoms with Crippen molar-refractivity contribution in [3.63, 3.8) is 0 Å². The van der Waals surface area contributed by atoms with Crippen LogP contribution in [0.1, 0.15) is 72.1 Å². The lowest BCUT2D eigenvalue weighted by Gasteiger charge is -2.28. The van der Waals surface area contributed by atoms with Crippen LogP contribution < -0.4 is 0 Å². The van der Waals surface area contributed by atoms with Crippen LogP contribution in [0.4, 0.5) is 0 Å². The number of carbonyl (C=O) groups is 1. The second-order valence-electron chi connectivity index (χ2n) is 5.46. The molecule has 3 nitrogen and oxygen atoms in total. The Morgan fingerprint density at radius 3 is 2.33 bits per heavy atom. The molecule has 0 aliphatic rings. The highest BCUT2D eigenvalue weighted by molar-refractivity contribution is 5.70. The highest BCUT2D eigenvalue weighted by Gasteiger charge is 2.21. The predicted octanol–water partition coefficient (Wildman–Crippen LogP) is 3.69. The molecular formula is C15H30O3. The standard InChI is InChI=1S/C15H30O3/c1-4-6-7-8-10-15(3,5-2)11-9-12-18-14(17)13-16/h16H,4-13H2,1-3H3. The van der Waals surface area contributed by atoms with E-state index < -0.39 is 12.6 Å². The van der Waals surface area contributed by atoms with Crippen LogP contribution in [-0.4, -0.2) is 24.3 Å². The average molecular weight is 258 g/mol. The van der Waals surface area contributed by atoms with Gasteiger partial charge in [0.05, 0.1) is 6.61 Å². The van der Waals surface area contributed by atoms with E-state index in [2.05, 4.69) is 20.8 Å². The summed E-state index contributed by atoms with van der Waals surface area (Å²) in [6.07, 6.45) is 9.65. The predicted molar refractivity (Wildman–Crippen MR) is 74.4 cm³/mol. The molecule has 3 heteroatoms. The molecule has 0 saturated heterocycles. The smallest absolute Gasteiger partial charge is 0.331 e. The number of unbranched alkanes of at least 4 members (excludes halogenated alkanes) is 3. The SMILES string of the molecule is CCCCCCC(C)(CC)CCCOC(=O)CO. The van der Waals surface area contributed by atoms with E-state index in [1.807, 2.05) is 0 Å². The zero-order valence-corrected chi connectivity index (χ0v) is 12.3. The average Bonchev–Trinajstić information content (AvgIpc) is 2.39. The summed E-state index contributed by atoms with van der Waals surface area (Å²) in [6.45, 7) is 6.72. The van der Waals surface area contributed by atoms with E-state index in [1.54, 1.807) is 0 Å². The van der Waals surface area contributed by atoms with Crippen molar-refractivity contribution < 1.29 is 14.6 Å². The third-order valence-electron chi connectivity index (χ3n) is 3.80. The van der Waals surface area contributed by atoms with Crippen LogP contribution >= 0.6 is 0 Å². The lowest BCUT2D eigenvalue weighted by atomic mass is 9.78. The van der Waals surface area contributed by atoms with Crippen LogP contribution in [-0.2, 0) is 9.53 Å². The third kappa shape index (κ3) is 8.51. The summed E-state index contributed by atoms with van der Waals surface area (Å²) in [4.78, 5) is 10.8.